The molecule has 2 aromatic carbocycles. The first kappa shape index (κ1) is 19.6. The summed E-state index contributed by atoms with van der Waals surface area (Å²) in [6.45, 7) is 0. The summed E-state index contributed by atoms with van der Waals surface area (Å²) in [6.07, 6.45) is 1.60. The molecule has 6 nitrogen and oxygen atoms in total. The van der Waals surface area contributed by atoms with Crippen molar-refractivity contribution in [3.63, 3.8) is 0 Å². The Kier molecular flexibility index (Phi) is 6.65. The summed E-state index contributed by atoms with van der Waals surface area (Å²) in [6, 6.07) is 14.4. The molecular weight excluding hydrogens is 452 g/mol. The molecule has 0 spiro atoms. The molecule has 1 fully saturated rings. The highest BCUT2D eigenvalue weighted by Gasteiger charge is 2.32. The van der Waals surface area contributed by atoms with Gasteiger partial charge in [-0.15, -0.1) is 5.10 Å². The number of amides is 2. The van der Waals surface area contributed by atoms with E-state index in [1.807, 2.05) is 24.3 Å². The van der Waals surface area contributed by atoms with Crippen molar-refractivity contribution >= 4 is 68.2 Å². The van der Waals surface area contributed by atoms with Crippen molar-refractivity contribution in [1.82, 2.24) is 5.32 Å². The van der Waals surface area contributed by atoms with E-state index in [4.69, 9.17) is 11.6 Å². The van der Waals surface area contributed by atoms with E-state index in [1.165, 1.54) is 11.8 Å². The highest BCUT2D eigenvalue weighted by molar-refractivity contribution is 9.10. The minimum absolute atomic E-state index is 0.0446. The molecule has 9 heteroatoms. The molecule has 138 valence electrons. The van der Waals surface area contributed by atoms with Crippen molar-refractivity contribution < 1.29 is 9.59 Å². The Hall–Kier alpha value is -2.16. The first-order valence-corrected chi connectivity index (χ1v) is 9.94. The second-order valence-corrected chi connectivity index (χ2v) is 8.10. The standard InChI is InChI=1S/C18H14BrClN4O2S/c19-12-2-1-3-14(8-12)22-16(25)9-15-17(26)23-18(27-15)24-21-10-11-4-6-13(20)7-5-11/h1-8,10,15H,9H2,(H,22,25)(H,23,24,26)/b21-10+. The Bertz CT molecular complexity index is 918. The average molecular weight is 466 g/mol. The van der Waals surface area contributed by atoms with E-state index in [0.717, 1.165) is 10.0 Å². The largest absolute Gasteiger partial charge is 0.326 e. The Morgan fingerprint density at radius 2 is 2.07 bits per heavy atom. The van der Waals surface area contributed by atoms with Crippen LogP contribution >= 0.6 is 39.3 Å². The van der Waals surface area contributed by atoms with Crippen LogP contribution in [0.2, 0.25) is 5.02 Å². The number of nitrogens with one attached hydrogen (secondary N) is 2. The van der Waals surface area contributed by atoms with E-state index in [1.54, 1.807) is 30.5 Å². The van der Waals surface area contributed by atoms with Crippen molar-refractivity contribution in [2.75, 3.05) is 5.32 Å². The molecule has 0 radical (unpaired) electrons. The molecule has 0 bridgehead atoms. The topological polar surface area (TPSA) is 82.9 Å². The maximum atomic E-state index is 12.2. The van der Waals surface area contributed by atoms with Crippen LogP contribution in [0.1, 0.15) is 12.0 Å². The third kappa shape index (κ3) is 5.92. The molecule has 1 aliphatic heterocycles. The van der Waals surface area contributed by atoms with E-state index in [0.29, 0.717) is 15.9 Å². The van der Waals surface area contributed by atoms with Gasteiger partial charge in [0.25, 0.3) is 0 Å². The molecule has 27 heavy (non-hydrogen) atoms. The van der Waals surface area contributed by atoms with E-state index in [2.05, 4.69) is 36.8 Å². The molecular formula is C18H14BrClN4O2S. The van der Waals surface area contributed by atoms with Gasteiger partial charge in [-0.2, -0.15) is 5.10 Å². The molecule has 1 saturated heterocycles. The zero-order chi connectivity index (χ0) is 19.2. The van der Waals surface area contributed by atoms with Gasteiger partial charge in [0, 0.05) is 21.6 Å². The smallest absolute Gasteiger partial charge is 0.240 e. The highest BCUT2D eigenvalue weighted by atomic mass is 79.9. The quantitative estimate of drug-likeness (QED) is 0.516. The van der Waals surface area contributed by atoms with Gasteiger partial charge >= 0.3 is 0 Å². The summed E-state index contributed by atoms with van der Waals surface area (Å²) in [5.74, 6) is -0.503. The Balaban J connectivity index is 1.55. The number of nitrogens with zero attached hydrogens (tertiary/aromatic N) is 2. The number of benzene rings is 2. The summed E-state index contributed by atoms with van der Waals surface area (Å²) in [4.78, 5) is 24.2. The van der Waals surface area contributed by atoms with Crippen LogP contribution in [0.25, 0.3) is 0 Å². The van der Waals surface area contributed by atoms with Crippen molar-refractivity contribution in [1.29, 1.82) is 0 Å². The minimum Gasteiger partial charge on any atom is -0.326 e. The fourth-order valence-electron chi connectivity index (χ4n) is 2.23. The lowest BCUT2D eigenvalue weighted by Gasteiger charge is -2.07. The predicted molar refractivity (Wildman–Crippen MR) is 113 cm³/mol. The molecule has 1 heterocycles. The van der Waals surface area contributed by atoms with Crippen LogP contribution in [0.15, 0.2) is 63.2 Å². The maximum Gasteiger partial charge on any atom is 0.240 e. The van der Waals surface area contributed by atoms with Gasteiger partial charge in [0.1, 0.15) is 5.25 Å². The number of hydrogen-bond acceptors (Lipinski definition) is 5. The monoisotopic (exact) mass is 464 g/mol. The van der Waals surface area contributed by atoms with E-state index < -0.39 is 5.25 Å². The van der Waals surface area contributed by atoms with Crippen LogP contribution in [0, 0.1) is 0 Å². The van der Waals surface area contributed by atoms with Crippen molar-refractivity contribution in [2.45, 2.75) is 11.7 Å². The lowest BCUT2D eigenvalue weighted by atomic mass is 10.2. The van der Waals surface area contributed by atoms with Gasteiger partial charge in [-0.05, 0) is 35.9 Å². The van der Waals surface area contributed by atoms with Crippen molar-refractivity contribution in [3.8, 4) is 0 Å². The van der Waals surface area contributed by atoms with Gasteiger partial charge in [-0.3, -0.25) is 9.59 Å². The van der Waals surface area contributed by atoms with E-state index >= 15 is 0 Å². The predicted octanol–water partition coefficient (Wildman–Crippen LogP) is 4.05. The highest BCUT2D eigenvalue weighted by Crippen LogP contribution is 2.23. The SMILES string of the molecule is O=C(CC1S/C(=N\N=C\c2ccc(Cl)cc2)NC1=O)Nc1cccc(Br)c1. The first-order valence-electron chi connectivity index (χ1n) is 7.89. The summed E-state index contributed by atoms with van der Waals surface area (Å²) < 4.78 is 0.862. The Morgan fingerprint density at radius 3 is 2.81 bits per heavy atom. The molecule has 0 aliphatic carbocycles. The van der Waals surface area contributed by atoms with Gasteiger partial charge in [0.2, 0.25) is 11.8 Å². The molecule has 1 aliphatic rings. The lowest BCUT2D eigenvalue weighted by molar-refractivity contribution is -0.122. The van der Waals surface area contributed by atoms with Crippen LogP contribution in [-0.2, 0) is 9.59 Å². The van der Waals surface area contributed by atoms with Crippen molar-refractivity contribution in [2.24, 2.45) is 10.2 Å². The number of rotatable bonds is 5. The molecule has 1 unspecified atom stereocenters. The summed E-state index contributed by atoms with van der Waals surface area (Å²) in [5, 5.41) is 13.8. The molecule has 2 N–H and O–H groups in total. The Labute approximate surface area is 173 Å². The van der Waals surface area contributed by atoms with Gasteiger partial charge in [-0.1, -0.05) is 57.5 Å². The number of hydrogen-bond donors (Lipinski definition) is 2. The second kappa shape index (κ2) is 9.16. The van der Waals surface area contributed by atoms with E-state index in [9.17, 15) is 9.59 Å². The normalized spacial score (nSPS) is 18.1. The summed E-state index contributed by atoms with van der Waals surface area (Å²) >= 11 is 10.4. The average Bonchev–Trinajstić information content (AvgIpc) is 2.96. The number of carbonyl (C=O) groups excluding carboxylic acids is 2. The maximum absolute atomic E-state index is 12.2. The van der Waals surface area contributed by atoms with Crippen LogP contribution in [0.4, 0.5) is 5.69 Å². The zero-order valence-corrected chi connectivity index (χ0v) is 17.0. The van der Waals surface area contributed by atoms with Crippen LogP contribution in [0.5, 0.6) is 0 Å². The number of anilines is 1. The van der Waals surface area contributed by atoms with Crippen LogP contribution in [-0.4, -0.2) is 28.4 Å². The number of carbonyl (C=O) groups is 2. The number of thioether (sulfide) groups is 1. The lowest BCUT2D eigenvalue weighted by Crippen LogP contribution is -2.28. The van der Waals surface area contributed by atoms with Gasteiger partial charge in [0.05, 0.1) is 6.21 Å². The third-order valence-corrected chi connectivity index (χ3v) is 5.30. The fourth-order valence-corrected chi connectivity index (χ4v) is 3.68. The minimum atomic E-state index is -0.540. The van der Waals surface area contributed by atoms with Crippen molar-refractivity contribution in [3.05, 3.63) is 63.6 Å². The summed E-state index contributed by atoms with van der Waals surface area (Å²) in [5.41, 5.74) is 1.50. The fraction of sp³-hybridized carbons (Fsp3) is 0.111. The zero-order valence-electron chi connectivity index (χ0n) is 13.9. The van der Waals surface area contributed by atoms with Gasteiger partial charge in [0.15, 0.2) is 5.17 Å². The van der Waals surface area contributed by atoms with Gasteiger partial charge < -0.3 is 10.6 Å². The second-order valence-electron chi connectivity index (χ2n) is 5.56. The third-order valence-electron chi connectivity index (χ3n) is 3.48. The molecule has 0 aromatic heterocycles. The molecule has 1 atom stereocenters. The Morgan fingerprint density at radius 1 is 1.30 bits per heavy atom. The first-order chi connectivity index (χ1) is 13.0. The molecule has 2 aromatic rings. The van der Waals surface area contributed by atoms with Crippen LogP contribution < -0.4 is 10.6 Å². The van der Waals surface area contributed by atoms with Gasteiger partial charge in [-0.25, -0.2) is 0 Å². The number of halogens is 2. The van der Waals surface area contributed by atoms with Crippen LogP contribution in [0.3, 0.4) is 0 Å². The number of amidine groups is 1. The van der Waals surface area contributed by atoms with E-state index in [-0.39, 0.29) is 18.2 Å². The summed E-state index contributed by atoms with van der Waals surface area (Å²) in [7, 11) is 0. The molecule has 3 rings (SSSR count). The molecule has 2 amide bonds. The molecule has 0 saturated carbocycles.